The number of nitrogens with two attached hydrogens (primary N) is 1. The summed E-state index contributed by atoms with van der Waals surface area (Å²) in [4.78, 5) is 0. The molecular formula is C11H19N. The van der Waals surface area contributed by atoms with Crippen molar-refractivity contribution in [2.75, 3.05) is 0 Å². The van der Waals surface area contributed by atoms with Crippen LogP contribution in [0.2, 0.25) is 0 Å². The maximum atomic E-state index is 5.58. The standard InChI is InChI=1S/C11H19N/c1-5-7-11(4,8-6-2)9-10(3)12/h5-6H,1-3,7-9,12H2,4H3. The second kappa shape index (κ2) is 4.81. The van der Waals surface area contributed by atoms with E-state index in [1.54, 1.807) is 0 Å². The first kappa shape index (κ1) is 11.0. The van der Waals surface area contributed by atoms with Gasteiger partial charge in [0.2, 0.25) is 0 Å². The van der Waals surface area contributed by atoms with Crippen molar-refractivity contribution in [3.63, 3.8) is 0 Å². The molecule has 0 atom stereocenters. The van der Waals surface area contributed by atoms with Crippen molar-refractivity contribution in [3.8, 4) is 0 Å². The van der Waals surface area contributed by atoms with Crippen molar-refractivity contribution >= 4 is 0 Å². The van der Waals surface area contributed by atoms with Crippen molar-refractivity contribution < 1.29 is 0 Å². The van der Waals surface area contributed by atoms with Crippen LogP contribution in [-0.4, -0.2) is 0 Å². The molecule has 0 saturated carbocycles. The molecule has 0 radical (unpaired) electrons. The molecule has 0 spiro atoms. The van der Waals surface area contributed by atoms with Gasteiger partial charge in [-0.15, -0.1) is 13.2 Å². The van der Waals surface area contributed by atoms with Gasteiger partial charge >= 0.3 is 0 Å². The van der Waals surface area contributed by atoms with Gasteiger partial charge in [-0.3, -0.25) is 0 Å². The van der Waals surface area contributed by atoms with Crippen LogP contribution in [0.25, 0.3) is 0 Å². The van der Waals surface area contributed by atoms with Crippen molar-refractivity contribution in [1.82, 2.24) is 0 Å². The van der Waals surface area contributed by atoms with Gasteiger partial charge in [0.1, 0.15) is 0 Å². The van der Waals surface area contributed by atoms with Crippen LogP contribution in [0.5, 0.6) is 0 Å². The molecule has 0 heterocycles. The molecule has 2 N–H and O–H groups in total. The van der Waals surface area contributed by atoms with E-state index in [0.29, 0.717) is 0 Å². The molecule has 0 aliphatic rings. The summed E-state index contributed by atoms with van der Waals surface area (Å²) in [6.07, 6.45) is 6.59. The van der Waals surface area contributed by atoms with Crippen molar-refractivity contribution in [1.29, 1.82) is 0 Å². The van der Waals surface area contributed by atoms with E-state index in [9.17, 15) is 0 Å². The summed E-state index contributed by atoms with van der Waals surface area (Å²) in [5.74, 6) is 0. The van der Waals surface area contributed by atoms with E-state index >= 15 is 0 Å². The Kier molecular flexibility index (Phi) is 4.42. The SMILES string of the molecule is C=CCC(C)(CC=C)CC(=C)N. The third-order valence-corrected chi connectivity index (χ3v) is 1.93. The fourth-order valence-corrected chi connectivity index (χ4v) is 1.47. The van der Waals surface area contributed by atoms with E-state index in [4.69, 9.17) is 5.73 Å². The topological polar surface area (TPSA) is 26.0 Å². The molecule has 0 fully saturated rings. The van der Waals surface area contributed by atoms with Crippen molar-refractivity contribution in [2.45, 2.75) is 26.2 Å². The van der Waals surface area contributed by atoms with E-state index in [0.717, 1.165) is 25.0 Å². The quantitative estimate of drug-likeness (QED) is 0.601. The van der Waals surface area contributed by atoms with Crippen LogP contribution in [-0.2, 0) is 0 Å². The fourth-order valence-electron chi connectivity index (χ4n) is 1.47. The summed E-state index contributed by atoms with van der Waals surface area (Å²) < 4.78 is 0. The zero-order valence-corrected chi connectivity index (χ0v) is 7.97. The Morgan fingerprint density at radius 3 is 2.00 bits per heavy atom. The van der Waals surface area contributed by atoms with E-state index < -0.39 is 0 Å². The molecule has 0 aliphatic heterocycles. The number of hydrogen-bond donors (Lipinski definition) is 1. The maximum absolute atomic E-state index is 5.58. The van der Waals surface area contributed by atoms with Gasteiger partial charge in [-0.05, 0) is 24.7 Å². The molecule has 0 aliphatic carbocycles. The van der Waals surface area contributed by atoms with Gasteiger partial charge in [-0.25, -0.2) is 0 Å². The lowest BCUT2D eigenvalue weighted by Crippen LogP contribution is -2.17. The van der Waals surface area contributed by atoms with Crippen LogP contribution in [0.1, 0.15) is 26.2 Å². The first-order chi connectivity index (χ1) is 5.54. The molecule has 0 aromatic heterocycles. The summed E-state index contributed by atoms with van der Waals surface area (Å²) in [7, 11) is 0. The Hall–Kier alpha value is -0.980. The minimum absolute atomic E-state index is 0.162. The smallest absolute Gasteiger partial charge is 0.00131 e. The summed E-state index contributed by atoms with van der Waals surface area (Å²) >= 11 is 0. The minimum atomic E-state index is 0.162. The molecule has 0 saturated heterocycles. The van der Waals surface area contributed by atoms with E-state index in [1.165, 1.54) is 0 Å². The van der Waals surface area contributed by atoms with Gasteiger partial charge < -0.3 is 5.73 Å². The molecule has 0 aromatic rings. The largest absolute Gasteiger partial charge is 0.402 e. The molecule has 0 bridgehead atoms. The van der Waals surface area contributed by atoms with Gasteiger partial charge in [0.25, 0.3) is 0 Å². The number of allylic oxidation sites excluding steroid dienone is 3. The molecule has 1 nitrogen and oxygen atoms in total. The predicted octanol–water partition coefficient (Wildman–Crippen LogP) is 3.01. The van der Waals surface area contributed by atoms with E-state index in [-0.39, 0.29) is 5.41 Å². The van der Waals surface area contributed by atoms with Crippen molar-refractivity contribution in [2.24, 2.45) is 11.1 Å². The van der Waals surface area contributed by atoms with Gasteiger partial charge in [0, 0.05) is 5.70 Å². The number of rotatable bonds is 6. The van der Waals surface area contributed by atoms with Gasteiger partial charge in [0.15, 0.2) is 0 Å². The summed E-state index contributed by atoms with van der Waals surface area (Å²) in [5, 5.41) is 0. The molecule has 1 heteroatoms. The van der Waals surface area contributed by atoms with E-state index in [2.05, 4.69) is 26.7 Å². The highest BCUT2D eigenvalue weighted by Crippen LogP contribution is 2.32. The van der Waals surface area contributed by atoms with Crippen LogP contribution < -0.4 is 5.73 Å². The van der Waals surface area contributed by atoms with Crippen molar-refractivity contribution in [3.05, 3.63) is 37.6 Å². The highest BCUT2D eigenvalue weighted by atomic mass is 14.6. The Bertz CT molecular complexity index is 169. The third kappa shape index (κ3) is 4.02. The maximum Gasteiger partial charge on any atom is 0.00131 e. The van der Waals surface area contributed by atoms with Gasteiger partial charge in [0.05, 0.1) is 0 Å². The van der Waals surface area contributed by atoms with Crippen LogP contribution >= 0.6 is 0 Å². The van der Waals surface area contributed by atoms with Gasteiger partial charge in [-0.2, -0.15) is 0 Å². The lowest BCUT2D eigenvalue weighted by atomic mass is 9.79. The average molecular weight is 165 g/mol. The molecule has 68 valence electrons. The van der Waals surface area contributed by atoms with Crippen LogP contribution in [0, 0.1) is 5.41 Å². The zero-order valence-electron chi connectivity index (χ0n) is 7.97. The van der Waals surface area contributed by atoms with E-state index in [1.807, 2.05) is 12.2 Å². The van der Waals surface area contributed by atoms with Crippen LogP contribution in [0.4, 0.5) is 0 Å². The normalized spacial score (nSPS) is 10.8. The second-order valence-corrected chi connectivity index (χ2v) is 3.63. The molecule has 0 unspecified atom stereocenters. The molecule has 12 heavy (non-hydrogen) atoms. The fraction of sp³-hybridized carbons (Fsp3) is 0.455. The highest BCUT2D eigenvalue weighted by Gasteiger charge is 2.20. The highest BCUT2D eigenvalue weighted by molar-refractivity contribution is 4.98. The predicted molar refractivity (Wildman–Crippen MR) is 55.7 cm³/mol. The Balaban J connectivity index is 4.25. The summed E-state index contributed by atoms with van der Waals surface area (Å²) in [6.45, 7) is 13.3. The summed E-state index contributed by atoms with van der Waals surface area (Å²) in [5.41, 5.74) is 6.48. The monoisotopic (exact) mass is 165 g/mol. The molecule has 0 rings (SSSR count). The van der Waals surface area contributed by atoms with Gasteiger partial charge in [-0.1, -0.05) is 25.7 Å². The first-order valence-electron chi connectivity index (χ1n) is 4.19. The molecular weight excluding hydrogens is 146 g/mol. The summed E-state index contributed by atoms with van der Waals surface area (Å²) in [6, 6.07) is 0. The second-order valence-electron chi connectivity index (χ2n) is 3.63. The molecule has 0 amide bonds. The molecule has 0 aromatic carbocycles. The Morgan fingerprint density at radius 2 is 1.75 bits per heavy atom. The third-order valence-electron chi connectivity index (χ3n) is 1.93. The average Bonchev–Trinajstić information content (AvgIpc) is 1.85. The van der Waals surface area contributed by atoms with Crippen LogP contribution in [0.3, 0.4) is 0 Å². The number of hydrogen-bond acceptors (Lipinski definition) is 1. The Labute approximate surface area is 75.7 Å². The zero-order chi connectivity index (χ0) is 9.61. The van der Waals surface area contributed by atoms with Crippen LogP contribution in [0.15, 0.2) is 37.6 Å². The lowest BCUT2D eigenvalue weighted by molar-refractivity contribution is 0.329. The minimum Gasteiger partial charge on any atom is -0.402 e. The lowest BCUT2D eigenvalue weighted by Gasteiger charge is -2.26. The Morgan fingerprint density at radius 1 is 1.33 bits per heavy atom. The first-order valence-corrected chi connectivity index (χ1v) is 4.19.